The van der Waals surface area contributed by atoms with Gasteiger partial charge in [0, 0.05) is 18.9 Å². The molecule has 0 aliphatic carbocycles. The van der Waals surface area contributed by atoms with E-state index in [2.05, 4.69) is 0 Å². The molecule has 2 aromatic rings. The first-order valence-electron chi connectivity index (χ1n) is 9.03. The molecule has 0 atom stereocenters. The Morgan fingerprint density at radius 1 is 0.815 bits per heavy atom. The van der Waals surface area contributed by atoms with E-state index in [4.69, 9.17) is 9.47 Å². The Morgan fingerprint density at radius 3 is 1.96 bits per heavy atom. The summed E-state index contributed by atoms with van der Waals surface area (Å²) in [5, 5.41) is 9.82. The number of hydrogen-bond donors (Lipinski definition) is 1. The topological polar surface area (TPSA) is 72.8 Å². The molecule has 0 fully saturated rings. The Hall–Kier alpha value is -3.08. The summed E-state index contributed by atoms with van der Waals surface area (Å²) in [7, 11) is 0. The minimum Gasteiger partial charge on any atom is -0.508 e. The van der Waals surface area contributed by atoms with Crippen LogP contribution < -0.4 is 9.47 Å². The van der Waals surface area contributed by atoms with Gasteiger partial charge in [-0.2, -0.15) is 0 Å². The average Bonchev–Trinajstić information content (AvgIpc) is 2.61. The van der Waals surface area contributed by atoms with E-state index in [1.54, 1.807) is 30.3 Å². The molecule has 0 radical (unpaired) electrons. The summed E-state index contributed by atoms with van der Waals surface area (Å²) >= 11 is 0. The molecule has 1 N–H and O–H groups in total. The van der Waals surface area contributed by atoms with Crippen LogP contribution in [-0.4, -0.2) is 17.0 Å². The normalized spacial score (nSPS) is 10.7. The van der Waals surface area contributed by atoms with E-state index in [0.717, 1.165) is 12.0 Å². The lowest BCUT2D eigenvalue weighted by atomic mass is 10.1. The lowest BCUT2D eigenvalue weighted by molar-refractivity contribution is -0.135. The zero-order valence-electron chi connectivity index (χ0n) is 15.6. The van der Waals surface area contributed by atoms with Gasteiger partial charge in [-0.15, -0.1) is 0 Å². The fourth-order valence-electron chi connectivity index (χ4n) is 2.37. The van der Waals surface area contributed by atoms with Crippen molar-refractivity contribution >= 4 is 24.1 Å². The van der Waals surface area contributed by atoms with E-state index >= 15 is 0 Å². The zero-order chi connectivity index (χ0) is 19.6. The molecule has 0 heterocycles. The molecule has 5 heteroatoms. The van der Waals surface area contributed by atoms with Crippen molar-refractivity contribution in [1.29, 1.82) is 0 Å². The number of esters is 2. The summed E-state index contributed by atoms with van der Waals surface area (Å²) in [6.07, 6.45) is 5.83. The Balaban J connectivity index is 2.05. The van der Waals surface area contributed by atoms with Gasteiger partial charge < -0.3 is 14.6 Å². The Bertz CT molecular complexity index is 806. The van der Waals surface area contributed by atoms with Gasteiger partial charge >= 0.3 is 11.9 Å². The quantitative estimate of drug-likeness (QED) is 0.404. The summed E-state index contributed by atoms with van der Waals surface area (Å²) in [5.74, 6) is 0.269. The van der Waals surface area contributed by atoms with Crippen LogP contribution in [0.2, 0.25) is 0 Å². The van der Waals surface area contributed by atoms with Crippen molar-refractivity contribution in [1.82, 2.24) is 0 Å². The molecular formula is C22H24O5. The van der Waals surface area contributed by atoms with Crippen molar-refractivity contribution in [3.8, 4) is 17.2 Å². The van der Waals surface area contributed by atoms with Crippen molar-refractivity contribution < 1.29 is 24.2 Å². The predicted octanol–water partition coefficient (Wildman–Crippen LogP) is 4.97. The maximum atomic E-state index is 11.6. The number of benzene rings is 2. The first kappa shape index (κ1) is 20.2. The van der Waals surface area contributed by atoms with Crippen molar-refractivity contribution in [3.05, 3.63) is 53.6 Å². The van der Waals surface area contributed by atoms with Gasteiger partial charge in [0.15, 0.2) is 0 Å². The standard InChI is InChI=1S/C22H24O5/c1-3-5-21(24)26-19-11-9-16(10-12-19)7-8-17-13-18(23)15-20(14-17)27-22(25)6-4-2/h7-15,23H,3-6H2,1-2H3. The number of phenolic OH excluding ortho intramolecular Hbond substituents is 1. The summed E-state index contributed by atoms with van der Waals surface area (Å²) in [5.41, 5.74) is 1.60. The van der Waals surface area contributed by atoms with Crippen LogP contribution in [0.25, 0.3) is 12.2 Å². The Morgan fingerprint density at radius 2 is 1.37 bits per heavy atom. The first-order valence-corrected chi connectivity index (χ1v) is 9.03. The summed E-state index contributed by atoms with van der Waals surface area (Å²) < 4.78 is 10.4. The molecule has 0 aliphatic heterocycles. The zero-order valence-corrected chi connectivity index (χ0v) is 15.6. The highest BCUT2D eigenvalue weighted by atomic mass is 16.5. The molecule has 2 rings (SSSR count). The molecule has 27 heavy (non-hydrogen) atoms. The monoisotopic (exact) mass is 368 g/mol. The largest absolute Gasteiger partial charge is 0.508 e. The smallest absolute Gasteiger partial charge is 0.311 e. The van der Waals surface area contributed by atoms with E-state index < -0.39 is 0 Å². The Kier molecular flexibility index (Phi) is 7.62. The lowest BCUT2D eigenvalue weighted by Crippen LogP contribution is -2.06. The van der Waals surface area contributed by atoms with Crippen LogP contribution in [0, 0.1) is 0 Å². The molecule has 0 amide bonds. The first-order chi connectivity index (χ1) is 13.0. The number of carbonyl (C=O) groups excluding carboxylic acids is 2. The molecule has 142 valence electrons. The highest BCUT2D eigenvalue weighted by molar-refractivity contribution is 5.75. The summed E-state index contributed by atoms with van der Waals surface area (Å²) in [6, 6.07) is 11.8. The summed E-state index contributed by atoms with van der Waals surface area (Å²) in [4.78, 5) is 23.1. The number of hydrogen-bond acceptors (Lipinski definition) is 5. The number of carbonyl (C=O) groups is 2. The molecule has 0 spiro atoms. The van der Waals surface area contributed by atoms with Crippen LogP contribution >= 0.6 is 0 Å². The van der Waals surface area contributed by atoms with Gasteiger partial charge in [0.05, 0.1) is 0 Å². The fourth-order valence-corrected chi connectivity index (χ4v) is 2.37. The number of ether oxygens (including phenoxy) is 2. The second-order valence-electron chi connectivity index (χ2n) is 6.11. The lowest BCUT2D eigenvalue weighted by Gasteiger charge is -2.06. The van der Waals surface area contributed by atoms with Crippen molar-refractivity contribution in [2.45, 2.75) is 39.5 Å². The van der Waals surface area contributed by atoms with Gasteiger partial charge in [0.25, 0.3) is 0 Å². The van der Waals surface area contributed by atoms with Gasteiger partial charge in [-0.3, -0.25) is 9.59 Å². The maximum Gasteiger partial charge on any atom is 0.311 e. The highest BCUT2D eigenvalue weighted by Gasteiger charge is 2.06. The number of phenols is 1. The van der Waals surface area contributed by atoms with Crippen molar-refractivity contribution in [2.75, 3.05) is 0 Å². The van der Waals surface area contributed by atoms with E-state index in [0.29, 0.717) is 36.3 Å². The van der Waals surface area contributed by atoms with E-state index in [1.165, 1.54) is 6.07 Å². The third kappa shape index (κ3) is 6.98. The van der Waals surface area contributed by atoms with Crippen LogP contribution in [0.15, 0.2) is 42.5 Å². The van der Waals surface area contributed by atoms with Crippen LogP contribution in [0.1, 0.15) is 50.7 Å². The second-order valence-corrected chi connectivity index (χ2v) is 6.11. The minimum absolute atomic E-state index is 0.0228. The van der Waals surface area contributed by atoms with Gasteiger partial charge in [0.1, 0.15) is 17.2 Å². The van der Waals surface area contributed by atoms with Crippen LogP contribution in [0.5, 0.6) is 17.2 Å². The third-order valence-electron chi connectivity index (χ3n) is 3.63. The molecule has 0 saturated heterocycles. The fraction of sp³-hybridized carbons (Fsp3) is 0.273. The number of rotatable bonds is 8. The van der Waals surface area contributed by atoms with E-state index in [-0.39, 0.29) is 17.7 Å². The summed E-state index contributed by atoms with van der Waals surface area (Å²) in [6.45, 7) is 3.82. The highest BCUT2D eigenvalue weighted by Crippen LogP contribution is 2.24. The molecule has 2 aromatic carbocycles. The molecular weight excluding hydrogens is 344 g/mol. The SMILES string of the molecule is CCCC(=O)Oc1ccc(C=Cc2cc(O)cc(OC(=O)CCC)c2)cc1. The van der Waals surface area contributed by atoms with Gasteiger partial charge in [0.2, 0.25) is 0 Å². The molecule has 0 aromatic heterocycles. The molecule has 0 aliphatic rings. The van der Waals surface area contributed by atoms with E-state index in [9.17, 15) is 14.7 Å². The van der Waals surface area contributed by atoms with Crippen molar-refractivity contribution in [3.63, 3.8) is 0 Å². The van der Waals surface area contributed by atoms with E-state index in [1.807, 2.05) is 32.1 Å². The third-order valence-corrected chi connectivity index (χ3v) is 3.63. The molecule has 5 nitrogen and oxygen atoms in total. The van der Waals surface area contributed by atoms with Gasteiger partial charge in [-0.25, -0.2) is 0 Å². The van der Waals surface area contributed by atoms with Gasteiger partial charge in [-0.1, -0.05) is 38.1 Å². The molecule has 0 saturated carbocycles. The van der Waals surface area contributed by atoms with Crippen LogP contribution in [0.4, 0.5) is 0 Å². The number of aromatic hydroxyl groups is 1. The second kappa shape index (κ2) is 10.2. The maximum absolute atomic E-state index is 11.6. The Labute approximate surface area is 159 Å². The van der Waals surface area contributed by atoms with Crippen molar-refractivity contribution in [2.24, 2.45) is 0 Å². The van der Waals surface area contributed by atoms with Gasteiger partial charge in [-0.05, 0) is 48.2 Å². The minimum atomic E-state index is -0.328. The molecule has 0 bridgehead atoms. The van der Waals surface area contributed by atoms with Crippen LogP contribution in [0.3, 0.4) is 0 Å². The average molecular weight is 368 g/mol. The molecule has 0 unspecified atom stereocenters. The van der Waals surface area contributed by atoms with Crippen LogP contribution in [-0.2, 0) is 9.59 Å². The predicted molar refractivity (Wildman–Crippen MR) is 105 cm³/mol.